The summed E-state index contributed by atoms with van der Waals surface area (Å²) in [6.45, 7) is 16.8. The second-order valence-electron chi connectivity index (χ2n) is 7.07. The Labute approximate surface area is 124 Å². The molecule has 0 fully saturated rings. The number of aryl methyl sites for hydroxylation is 1. The summed E-state index contributed by atoms with van der Waals surface area (Å²) >= 11 is 0. The summed E-state index contributed by atoms with van der Waals surface area (Å²) in [5.41, 5.74) is 5.23. The van der Waals surface area contributed by atoms with Gasteiger partial charge in [0.15, 0.2) is 5.78 Å². The SMILES string of the molecule is C/C(C(=O)c1cc(C(C)(C)C)ccc1C)=C(/C)C(C)C. The van der Waals surface area contributed by atoms with E-state index in [9.17, 15) is 4.79 Å². The summed E-state index contributed by atoms with van der Waals surface area (Å²) in [4.78, 5) is 12.7. The second kappa shape index (κ2) is 5.95. The zero-order valence-corrected chi connectivity index (χ0v) is 14.2. The molecule has 1 aromatic carbocycles. The molecule has 0 saturated carbocycles. The molecule has 0 aliphatic heterocycles. The predicted octanol–water partition coefficient (Wildman–Crippen LogP) is 5.47. The standard InChI is InChI=1S/C19H28O/c1-12(2)14(4)15(5)18(20)17-11-16(19(6,7)8)10-9-13(17)3/h9-12H,1-8H3/b15-14+. The van der Waals surface area contributed by atoms with Crippen LogP contribution in [0.4, 0.5) is 0 Å². The predicted molar refractivity (Wildman–Crippen MR) is 87.4 cm³/mol. The van der Waals surface area contributed by atoms with Gasteiger partial charge in [-0.3, -0.25) is 4.79 Å². The van der Waals surface area contributed by atoms with Crippen molar-refractivity contribution in [2.45, 2.75) is 60.8 Å². The highest BCUT2D eigenvalue weighted by molar-refractivity contribution is 6.09. The van der Waals surface area contributed by atoms with Gasteiger partial charge < -0.3 is 0 Å². The van der Waals surface area contributed by atoms with Crippen molar-refractivity contribution < 1.29 is 4.79 Å². The molecule has 0 aliphatic rings. The molecule has 0 unspecified atom stereocenters. The number of hydrogen-bond donors (Lipinski definition) is 0. The molecule has 0 amide bonds. The Bertz CT molecular complexity index is 539. The molecule has 0 radical (unpaired) electrons. The topological polar surface area (TPSA) is 17.1 Å². The van der Waals surface area contributed by atoms with Crippen LogP contribution >= 0.6 is 0 Å². The van der Waals surface area contributed by atoms with E-state index in [0.29, 0.717) is 5.92 Å². The zero-order valence-electron chi connectivity index (χ0n) is 14.2. The first-order chi connectivity index (χ1) is 9.05. The Hall–Kier alpha value is -1.37. The van der Waals surface area contributed by atoms with E-state index in [0.717, 1.165) is 16.7 Å². The average Bonchev–Trinajstić information content (AvgIpc) is 2.35. The fraction of sp³-hybridized carbons (Fsp3) is 0.526. The largest absolute Gasteiger partial charge is 0.289 e. The van der Waals surface area contributed by atoms with Crippen LogP contribution < -0.4 is 0 Å². The van der Waals surface area contributed by atoms with Crippen LogP contribution in [-0.4, -0.2) is 5.78 Å². The maximum Gasteiger partial charge on any atom is 0.188 e. The minimum Gasteiger partial charge on any atom is -0.289 e. The van der Waals surface area contributed by atoms with Gasteiger partial charge in [0.2, 0.25) is 0 Å². The van der Waals surface area contributed by atoms with E-state index < -0.39 is 0 Å². The molecule has 0 aromatic heterocycles. The van der Waals surface area contributed by atoms with Crippen LogP contribution in [0.1, 0.15) is 70.0 Å². The highest BCUT2D eigenvalue weighted by Crippen LogP contribution is 2.26. The maximum absolute atomic E-state index is 12.7. The van der Waals surface area contributed by atoms with Gasteiger partial charge in [-0.05, 0) is 54.9 Å². The van der Waals surface area contributed by atoms with E-state index in [2.05, 4.69) is 59.7 Å². The lowest BCUT2D eigenvalue weighted by Crippen LogP contribution is -2.14. The van der Waals surface area contributed by atoms with Crippen LogP contribution in [0.25, 0.3) is 0 Å². The van der Waals surface area contributed by atoms with Crippen molar-refractivity contribution in [2.24, 2.45) is 5.92 Å². The molecule has 0 aliphatic carbocycles. The first kappa shape index (κ1) is 16.7. The van der Waals surface area contributed by atoms with E-state index in [1.54, 1.807) is 0 Å². The molecule has 1 aromatic rings. The first-order valence-electron chi connectivity index (χ1n) is 7.39. The third kappa shape index (κ3) is 3.59. The lowest BCUT2D eigenvalue weighted by atomic mass is 9.83. The van der Waals surface area contributed by atoms with Gasteiger partial charge in [0, 0.05) is 5.56 Å². The Kier molecular flexibility index (Phi) is 4.96. The van der Waals surface area contributed by atoms with Gasteiger partial charge in [-0.1, -0.05) is 52.3 Å². The number of allylic oxidation sites excluding steroid dienone is 2. The van der Waals surface area contributed by atoms with Crippen molar-refractivity contribution in [1.82, 2.24) is 0 Å². The summed E-state index contributed by atoms with van der Waals surface area (Å²) in [6.07, 6.45) is 0. The number of hydrogen-bond acceptors (Lipinski definition) is 1. The quantitative estimate of drug-likeness (QED) is 0.527. The van der Waals surface area contributed by atoms with E-state index >= 15 is 0 Å². The van der Waals surface area contributed by atoms with Crippen LogP contribution in [-0.2, 0) is 5.41 Å². The Morgan fingerprint density at radius 3 is 2.10 bits per heavy atom. The highest BCUT2D eigenvalue weighted by Gasteiger charge is 2.19. The molecule has 0 N–H and O–H groups in total. The van der Waals surface area contributed by atoms with Gasteiger partial charge in [0.05, 0.1) is 0 Å². The highest BCUT2D eigenvalue weighted by atomic mass is 16.1. The zero-order chi connectivity index (χ0) is 15.7. The molecule has 0 saturated heterocycles. The summed E-state index contributed by atoms with van der Waals surface area (Å²) in [7, 11) is 0. The Morgan fingerprint density at radius 1 is 1.10 bits per heavy atom. The van der Waals surface area contributed by atoms with Crippen molar-refractivity contribution in [3.63, 3.8) is 0 Å². The lowest BCUT2D eigenvalue weighted by Gasteiger charge is -2.21. The van der Waals surface area contributed by atoms with Crippen molar-refractivity contribution in [3.8, 4) is 0 Å². The van der Waals surface area contributed by atoms with Gasteiger partial charge in [-0.25, -0.2) is 0 Å². The van der Waals surface area contributed by atoms with Crippen molar-refractivity contribution in [3.05, 3.63) is 46.0 Å². The minimum absolute atomic E-state index is 0.0629. The number of carbonyl (C=O) groups is 1. The summed E-state index contributed by atoms with van der Waals surface area (Å²) < 4.78 is 0. The summed E-state index contributed by atoms with van der Waals surface area (Å²) in [5, 5.41) is 0. The molecule has 1 rings (SSSR count). The number of rotatable bonds is 3. The van der Waals surface area contributed by atoms with Gasteiger partial charge in [-0.15, -0.1) is 0 Å². The third-order valence-corrected chi connectivity index (χ3v) is 4.15. The van der Waals surface area contributed by atoms with Crippen LogP contribution in [0.15, 0.2) is 29.3 Å². The minimum atomic E-state index is 0.0629. The number of Topliss-reactive ketones (excluding diaryl/α,β-unsaturated/α-hetero) is 1. The fourth-order valence-electron chi connectivity index (χ4n) is 2.15. The van der Waals surface area contributed by atoms with Gasteiger partial charge in [0.25, 0.3) is 0 Å². The van der Waals surface area contributed by atoms with Crippen LogP contribution in [0.2, 0.25) is 0 Å². The number of carbonyl (C=O) groups excluding carboxylic acids is 1. The molecule has 20 heavy (non-hydrogen) atoms. The van der Waals surface area contributed by atoms with Gasteiger partial charge in [-0.2, -0.15) is 0 Å². The molecular formula is C19H28O. The monoisotopic (exact) mass is 272 g/mol. The van der Waals surface area contributed by atoms with E-state index in [4.69, 9.17) is 0 Å². The summed E-state index contributed by atoms with van der Waals surface area (Å²) in [5.74, 6) is 0.574. The summed E-state index contributed by atoms with van der Waals surface area (Å²) in [6, 6.07) is 6.25. The Balaban J connectivity index is 3.33. The van der Waals surface area contributed by atoms with Crippen LogP contribution in [0, 0.1) is 12.8 Å². The molecular weight excluding hydrogens is 244 g/mol. The van der Waals surface area contributed by atoms with E-state index in [-0.39, 0.29) is 11.2 Å². The van der Waals surface area contributed by atoms with E-state index in [1.165, 1.54) is 11.1 Å². The number of benzene rings is 1. The smallest absolute Gasteiger partial charge is 0.188 e. The molecule has 1 nitrogen and oxygen atoms in total. The number of ketones is 1. The third-order valence-electron chi connectivity index (χ3n) is 4.15. The van der Waals surface area contributed by atoms with Crippen LogP contribution in [0.3, 0.4) is 0 Å². The molecule has 0 bridgehead atoms. The van der Waals surface area contributed by atoms with Crippen molar-refractivity contribution in [1.29, 1.82) is 0 Å². The molecule has 0 atom stereocenters. The molecule has 110 valence electrons. The maximum atomic E-state index is 12.7. The first-order valence-corrected chi connectivity index (χ1v) is 7.39. The van der Waals surface area contributed by atoms with Gasteiger partial charge in [0.1, 0.15) is 0 Å². The Morgan fingerprint density at radius 2 is 1.65 bits per heavy atom. The van der Waals surface area contributed by atoms with Crippen LogP contribution in [0.5, 0.6) is 0 Å². The fourth-order valence-corrected chi connectivity index (χ4v) is 2.15. The second-order valence-corrected chi connectivity index (χ2v) is 7.07. The normalized spacial score (nSPS) is 13.4. The molecule has 0 heterocycles. The van der Waals surface area contributed by atoms with Gasteiger partial charge >= 0.3 is 0 Å². The molecule has 1 heteroatoms. The van der Waals surface area contributed by atoms with Crippen molar-refractivity contribution >= 4 is 5.78 Å². The van der Waals surface area contributed by atoms with Crippen molar-refractivity contribution in [2.75, 3.05) is 0 Å². The average molecular weight is 272 g/mol. The molecule has 0 spiro atoms. The lowest BCUT2D eigenvalue weighted by molar-refractivity contribution is 0.103. The van der Waals surface area contributed by atoms with E-state index in [1.807, 2.05) is 13.8 Å².